The average molecular weight is 1380 g/mol. The van der Waals surface area contributed by atoms with Crippen LogP contribution >= 0.6 is 0 Å². The lowest BCUT2D eigenvalue weighted by Crippen LogP contribution is -2.69. The Bertz CT molecular complexity index is 3740. The standard InChI is InChI=1S/C87H97NO14/c1-63-76(88-73-50-30-11-31-51-73)79(91-54-66-36-16-4-17-37-66)82(94-57-69-42-22-7-23-43-69)86(98-63)101-78-75(62-90-53-65-34-14-3-15-35-65)100-87(84(96-59-71-46-26-9-27-47-71)81(78)93-56-68-40-20-6-21-41-68)102-77-74(61-89-52-64-32-12-2-13-33-64)99-85(97-60-72-48-28-10-29-49-72)83(95-58-70-44-24-8-25-45-70)80(77)92-55-67-38-18-5-19-39-67/h2-10,12-29,32-49,63,73-88H,11,30-31,50-62H2,1H3/t63-,74-,75-,76?,77-,78-,79+,80+,81+,82-,83-,84-,85-,86+,87-/m1/s1. The number of rotatable bonds is 35. The molecule has 3 saturated heterocycles. The molecule has 534 valence electrons. The highest BCUT2D eigenvalue weighted by atomic mass is 16.8. The fourth-order valence-corrected chi connectivity index (χ4v) is 14.0. The second-order valence-corrected chi connectivity index (χ2v) is 26.9. The summed E-state index contributed by atoms with van der Waals surface area (Å²) < 4.78 is 103. The van der Waals surface area contributed by atoms with Crippen LogP contribution in [0.4, 0.5) is 0 Å². The van der Waals surface area contributed by atoms with E-state index < -0.39 is 86.0 Å². The third kappa shape index (κ3) is 21.1. The Balaban J connectivity index is 0.923. The molecule has 9 aromatic rings. The highest BCUT2D eigenvalue weighted by Gasteiger charge is 2.57. The van der Waals surface area contributed by atoms with Gasteiger partial charge in [0, 0.05) is 6.04 Å². The summed E-state index contributed by atoms with van der Waals surface area (Å²) in [6.07, 6.45) is -7.03. The van der Waals surface area contributed by atoms with Crippen LogP contribution < -0.4 is 5.32 Å². The first-order valence-electron chi connectivity index (χ1n) is 36.3. The minimum Gasteiger partial charge on any atom is -0.374 e. The zero-order valence-electron chi connectivity index (χ0n) is 58.2. The number of hydrogen-bond donors (Lipinski definition) is 1. The molecule has 4 aliphatic rings. The molecule has 4 fully saturated rings. The van der Waals surface area contributed by atoms with Gasteiger partial charge in [0.25, 0.3) is 0 Å². The molecule has 1 unspecified atom stereocenters. The topological polar surface area (TPSA) is 141 Å². The van der Waals surface area contributed by atoms with E-state index in [-0.39, 0.29) is 78.2 Å². The number of hydrogen-bond acceptors (Lipinski definition) is 15. The molecule has 0 amide bonds. The summed E-state index contributed by atoms with van der Waals surface area (Å²) >= 11 is 0. The highest BCUT2D eigenvalue weighted by molar-refractivity contribution is 5.21. The molecule has 1 saturated carbocycles. The van der Waals surface area contributed by atoms with E-state index in [1.807, 2.05) is 237 Å². The van der Waals surface area contributed by atoms with Gasteiger partial charge in [-0.2, -0.15) is 0 Å². The molecule has 15 atom stereocenters. The summed E-state index contributed by atoms with van der Waals surface area (Å²) in [6.45, 7) is 4.24. The minimum absolute atomic E-state index is 0.0184. The maximum absolute atomic E-state index is 7.87. The van der Waals surface area contributed by atoms with Gasteiger partial charge in [0.2, 0.25) is 0 Å². The normalized spacial score (nSPS) is 26.1. The minimum atomic E-state index is -1.24. The summed E-state index contributed by atoms with van der Waals surface area (Å²) in [5.74, 6) is 0. The quantitative estimate of drug-likeness (QED) is 0.0402. The lowest BCUT2D eigenvalue weighted by molar-refractivity contribution is -0.391. The first-order valence-corrected chi connectivity index (χ1v) is 36.3. The summed E-state index contributed by atoms with van der Waals surface area (Å²) in [6, 6.07) is 91.1. The van der Waals surface area contributed by atoms with Crippen LogP contribution in [0, 0.1) is 0 Å². The molecule has 1 N–H and O–H groups in total. The summed E-state index contributed by atoms with van der Waals surface area (Å²) in [5, 5.41) is 4.07. The van der Waals surface area contributed by atoms with Gasteiger partial charge in [-0.15, -0.1) is 0 Å². The van der Waals surface area contributed by atoms with Gasteiger partial charge in [-0.25, -0.2) is 0 Å². The first-order chi connectivity index (χ1) is 50.5. The van der Waals surface area contributed by atoms with E-state index in [0.29, 0.717) is 6.61 Å². The molecule has 13 rings (SSSR count). The van der Waals surface area contributed by atoms with Crippen LogP contribution in [0.3, 0.4) is 0 Å². The Morgan fingerprint density at radius 1 is 0.275 bits per heavy atom. The molecule has 15 heteroatoms. The van der Waals surface area contributed by atoms with Gasteiger partial charge in [-0.1, -0.05) is 292 Å². The van der Waals surface area contributed by atoms with Crippen molar-refractivity contribution in [1.29, 1.82) is 0 Å². The van der Waals surface area contributed by atoms with Gasteiger partial charge in [0.05, 0.1) is 84.8 Å². The SMILES string of the molecule is C[C@H]1O[C@@H](O[C@H]2[C@H](OCc3ccccc3)[C@@H](OCc3ccccc3)[C@@H](O[C@H]3[C@H](OCc4ccccc4)[C@@H](OCc4ccccc4)[C@H](OCc4ccccc4)O[C@@H]3COCc3ccccc3)O[C@@H]2COCc2ccccc2)[C@H](OCc2ccccc2)[C@@H](OCc2ccccc2)C1NC1CCCCC1. The van der Waals surface area contributed by atoms with Crippen molar-refractivity contribution in [3.63, 3.8) is 0 Å². The maximum atomic E-state index is 7.87. The number of nitrogens with one attached hydrogen (secondary N) is 1. The van der Waals surface area contributed by atoms with Crippen LogP contribution in [0.5, 0.6) is 0 Å². The van der Waals surface area contributed by atoms with E-state index >= 15 is 0 Å². The smallest absolute Gasteiger partial charge is 0.187 e. The van der Waals surface area contributed by atoms with Gasteiger partial charge in [-0.05, 0) is 69.8 Å². The van der Waals surface area contributed by atoms with Crippen molar-refractivity contribution < 1.29 is 66.3 Å². The number of ether oxygens (including phenoxy) is 14. The lowest BCUT2D eigenvalue weighted by Gasteiger charge is -2.52. The molecule has 1 aliphatic carbocycles. The highest BCUT2D eigenvalue weighted by Crippen LogP contribution is 2.40. The number of benzene rings is 9. The summed E-state index contributed by atoms with van der Waals surface area (Å²) in [7, 11) is 0. The van der Waals surface area contributed by atoms with E-state index in [9.17, 15) is 0 Å². The Labute approximate surface area is 601 Å². The largest absolute Gasteiger partial charge is 0.374 e. The fourth-order valence-electron chi connectivity index (χ4n) is 14.0. The first kappa shape index (κ1) is 72.7. The van der Waals surface area contributed by atoms with Crippen molar-refractivity contribution in [1.82, 2.24) is 5.32 Å². The van der Waals surface area contributed by atoms with Gasteiger partial charge >= 0.3 is 0 Å². The van der Waals surface area contributed by atoms with E-state index in [1.54, 1.807) is 0 Å². The predicted octanol–water partition coefficient (Wildman–Crippen LogP) is 15.4. The van der Waals surface area contributed by atoms with Crippen LogP contribution in [-0.4, -0.2) is 111 Å². The third-order valence-corrected chi connectivity index (χ3v) is 19.4. The van der Waals surface area contributed by atoms with Crippen molar-refractivity contribution >= 4 is 0 Å². The van der Waals surface area contributed by atoms with Crippen LogP contribution in [0.2, 0.25) is 0 Å². The molecule has 102 heavy (non-hydrogen) atoms. The molecule has 0 aromatic heterocycles. The van der Waals surface area contributed by atoms with E-state index in [0.717, 1.165) is 75.8 Å². The van der Waals surface area contributed by atoms with Crippen LogP contribution in [0.25, 0.3) is 0 Å². The van der Waals surface area contributed by atoms with Crippen LogP contribution in [0.1, 0.15) is 89.1 Å². The molecule has 15 nitrogen and oxygen atoms in total. The van der Waals surface area contributed by atoms with Crippen molar-refractivity contribution in [3.05, 3.63) is 323 Å². The molecule has 0 bridgehead atoms. The van der Waals surface area contributed by atoms with Crippen molar-refractivity contribution in [3.8, 4) is 0 Å². The fraction of sp³-hybridized carbons (Fsp3) is 0.379. The van der Waals surface area contributed by atoms with Gasteiger partial charge in [-0.3, -0.25) is 0 Å². The van der Waals surface area contributed by atoms with Crippen LogP contribution in [-0.2, 0) is 126 Å². The zero-order chi connectivity index (χ0) is 69.2. The van der Waals surface area contributed by atoms with Gasteiger partial charge < -0.3 is 71.6 Å². The lowest BCUT2D eigenvalue weighted by atomic mass is 9.90. The second-order valence-electron chi connectivity index (χ2n) is 26.9. The molecule has 9 aromatic carbocycles. The Morgan fingerprint density at radius 3 is 0.882 bits per heavy atom. The molecular weight excluding hydrogens is 1280 g/mol. The summed E-state index contributed by atoms with van der Waals surface area (Å²) in [4.78, 5) is 0. The summed E-state index contributed by atoms with van der Waals surface area (Å²) in [5.41, 5.74) is 8.71. The monoisotopic (exact) mass is 1380 g/mol. The zero-order valence-corrected chi connectivity index (χ0v) is 58.2. The molecule has 3 heterocycles. The van der Waals surface area contributed by atoms with E-state index in [1.165, 1.54) is 6.42 Å². The van der Waals surface area contributed by atoms with Crippen LogP contribution in [0.15, 0.2) is 273 Å². The molecule has 0 spiro atoms. The van der Waals surface area contributed by atoms with Gasteiger partial charge in [0.1, 0.15) is 61.0 Å². The Hall–Kier alpha value is -7.62. The maximum Gasteiger partial charge on any atom is 0.187 e. The average Bonchev–Trinajstić information content (AvgIpc) is 0.775. The second kappa shape index (κ2) is 38.8. The van der Waals surface area contributed by atoms with Crippen molar-refractivity contribution in [2.24, 2.45) is 0 Å². The Morgan fingerprint density at radius 2 is 0.539 bits per heavy atom. The van der Waals surface area contributed by atoms with Crippen molar-refractivity contribution in [2.75, 3.05) is 13.2 Å². The molecule has 0 radical (unpaired) electrons. The Kier molecular flexibility index (Phi) is 27.6. The van der Waals surface area contributed by atoms with Gasteiger partial charge in [0.15, 0.2) is 18.9 Å². The van der Waals surface area contributed by atoms with Crippen molar-refractivity contribution in [2.45, 2.75) is 197 Å². The predicted molar refractivity (Wildman–Crippen MR) is 389 cm³/mol. The molecular formula is C87H97NO14. The third-order valence-electron chi connectivity index (χ3n) is 19.4. The molecule has 3 aliphatic heterocycles. The van der Waals surface area contributed by atoms with E-state index in [4.69, 9.17) is 66.3 Å². The van der Waals surface area contributed by atoms with E-state index in [2.05, 4.69) is 48.6 Å².